The van der Waals surface area contributed by atoms with Crippen LogP contribution in [0.1, 0.15) is 10.4 Å². The third-order valence-electron chi connectivity index (χ3n) is 3.45. The standard InChI is InChI=1S/C14H16BrN3O2/c15-12-3-1-11(2-4-12)13(19)18-6-5-16-14(18)17-7-9-20-10-8-17/h1-4H,5-10H2. The quantitative estimate of drug-likeness (QED) is 0.781. The molecule has 0 aliphatic carbocycles. The molecular weight excluding hydrogens is 322 g/mol. The Kier molecular flexibility index (Phi) is 4.03. The minimum atomic E-state index is 0.0141. The number of carbonyl (C=O) groups excluding carboxylic acids is 1. The molecule has 0 spiro atoms. The van der Waals surface area contributed by atoms with Crippen LogP contribution < -0.4 is 0 Å². The van der Waals surface area contributed by atoms with Crippen LogP contribution >= 0.6 is 15.9 Å². The van der Waals surface area contributed by atoms with Gasteiger partial charge in [-0.3, -0.25) is 14.7 Å². The maximum absolute atomic E-state index is 12.6. The highest BCUT2D eigenvalue weighted by atomic mass is 79.9. The van der Waals surface area contributed by atoms with E-state index in [1.165, 1.54) is 0 Å². The summed E-state index contributed by atoms with van der Waals surface area (Å²) in [5, 5.41) is 0. The average molecular weight is 338 g/mol. The van der Waals surface area contributed by atoms with E-state index in [1.807, 2.05) is 24.3 Å². The van der Waals surface area contributed by atoms with Gasteiger partial charge in [-0.15, -0.1) is 0 Å². The van der Waals surface area contributed by atoms with Crippen LogP contribution in [0.2, 0.25) is 0 Å². The van der Waals surface area contributed by atoms with Gasteiger partial charge in [0, 0.05) is 29.7 Å². The summed E-state index contributed by atoms with van der Waals surface area (Å²) < 4.78 is 6.32. The highest BCUT2D eigenvalue weighted by Gasteiger charge is 2.29. The number of aliphatic imine (C=N–C) groups is 1. The fourth-order valence-corrected chi connectivity index (χ4v) is 2.67. The van der Waals surface area contributed by atoms with E-state index in [9.17, 15) is 4.79 Å². The third kappa shape index (κ3) is 2.71. The molecular formula is C14H16BrN3O2. The fourth-order valence-electron chi connectivity index (χ4n) is 2.41. The van der Waals surface area contributed by atoms with E-state index in [2.05, 4.69) is 25.8 Å². The Morgan fingerprint density at radius 1 is 1.15 bits per heavy atom. The molecule has 2 heterocycles. The Labute approximate surface area is 126 Å². The summed E-state index contributed by atoms with van der Waals surface area (Å²) in [5.74, 6) is 0.807. The van der Waals surface area contributed by atoms with Crippen LogP contribution in [-0.4, -0.2) is 61.1 Å². The van der Waals surface area contributed by atoms with Crippen molar-refractivity contribution in [2.24, 2.45) is 4.99 Å². The zero-order valence-electron chi connectivity index (χ0n) is 11.1. The first-order valence-corrected chi connectivity index (χ1v) is 7.49. The van der Waals surface area contributed by atoms with Gasteiger partial charge in [0.05, 0.1) is 19.8 Å². The predicted molar refractivity (Wildman–Crippen MR) is 79.9 cm³/mol. The molecule has 0 N–H and O–H groups in total. The second-order valence-corrected chi connectivity index (χ2v) is 5.66. The molecule has 0 radical (unpaired) electrons. The summed E-state index contributed by atoms with van der Waals surface area (Å²) in [6.45, 7) is 4.31. The fraction of sp³-hybridized carbons (Fsp3) is 0.429. The zero-order chi connectivity index (χ0) is 13.9. The van der Waals surface area contributed by atoms with Gasteiger partial charge in [-0.25, -0.2) is 0 Å². The number of amides is 1. The number of morpholine rings is 1. The van der Waals surface area contributed by atoms with Gasteiger partial charge in [-0.1, -0.05) is 15.9 Å². The Balaban J connectivity index is 1.77. The molecule has 0 unspecified atom stereocenters. The van der Waals surface area contributed by atoms with Crippen LogP contribution in [0.4, 0.5) is 0 Å². The van der Waals surface area contributed by atoms with Crippen molar-refractivity contribution in [3.05, 3.63) is 34.3 Å². The Morgan fingerprint density at radius 2 is 1.85 bits per heavy atom. The maximum Gasteiger partial charge on any atom is 0.260 e. The summed E-state index contributed by atoms with van der Waals surface area (Å²) >= 11 is 3.38. The molecule has 1 amide bonds. The minimum Gasteiger partial charge on any atom is -0.378 e. The van der Waals surface area contributed by atoms with Gasteiger partial charge < -0.3 is 9.64 Å². The van der Waals surface area contributed by atoms with Gasteiger partial charge in [-0.05, 0) is 24.3 Å². The van der Waals surface area contributed by atoms with Crippen LogP contribution in [-0.2, 0) is 4.74 Å². The molecule has 3 rings (SSSR count). The molecule has 0 atom stereocenters. The lowest BCUT2D eigenvalue weighted by atomic mass is 10.2. The molecule has 2 aliphatic heterocycles. The number of hydrogen-bond donors (Lipinski definition) is 0. The van der Waals surface area contributed by atoms with Crippen molar-refractivity contribution in [3.63, 3.8) is 0 Å². The lowest BCUT2D eigenvalue weighted by molar-refractivity contribution is 0.0602. The summed E-state index contributed by atoms with van der Waals surface area (Å²) in [6.07, 6.45) is 0. The lowest BCUT2D eigenvalue weighted by Gasteiger charge is -2.32. The SMILES string of the molecule is O=C(c1ccc(Br)cc1)N1CCN=C1N1CCOCC1. The van der Waals surface area contributed by atoms with Crippen molar-refractivity contribution in [1.82, 2.24) is 9.80 Å². The van der Waals surface area contributed by atoms with Crippen molar-refractivity contribution < 1.29 is 9.53 Å². The zero-order valence-corrected chi connectivity index (χ0v) is 12.7. The first-order valence-electron chi connectivity index (χ1n) is 6.70. The largest absolute Gasteiger partial charge is 0.378 e. The normalized spacial score (nSPS) is 19.1. The molecule has 106 valence electrons. The Bertz CT molecular complexity index is 524. The van der Waals surface area contributed by atoms with E-state index >= 15 is 0 Å². The molecule has 6 heteroatoms. The summed E-state index contributed by atoms with van der Waals surface area (Å²) in [5.41, 5.74) is 0.691. The Hall–Kier alpha value is -1.40. The number of carbonyl (C=O) groups is 1. The van der Waals surface area contributed by atoms with Crippen LogP contribution in [0.5, 0.6) is 0 Å². The van der Waals surface area contributed by atoms with E-state index in [4.69, 9.17) is 4.74 Å². The number of benzene rings is 1. The monoisotopic (exact) mass is 337 g/mol. The molecule has 2 aliphatic rings. The molecule has 0 aromatic heterocycles. The highest BCUT2D eigenvalue weighted by Crippen LogP contribution is 2.16. The van der Waals surface area contributed by atoms with Crippen molar-refractivity contribution in [2.45, 2.75) is 0 Å². The first-order chi connectivity index (χ1) is 9.75. The number of ether oxygens (including phenoxy) is 1. The maximum atomic E-state index is 12.6. The van der Waals surface area contributed by atoms with E-state index in [0.717, 1.165) is 23.5 Å². The first kappa shape index (κ1) is 13.6. The Morgan fingerprint density at radius 3 is 2.55 bits per heavy atom. The van der Waals surface area contributed by atoms with E-state index in [0.29, 0.717) is 31.9 Å². The van der Waals surface area contributed by atoms with Gasteiger partial charge in [0.25, 0.3) is 5.91 Å². The number of guanidine groups is 1. The number of rotatable bonds is 1. The summed E-state index contributed by atoms with van der Waals surface area (Å²) in [6, 6.07) is 7.44. The predicted octanol–water partition coefficient (Wildman–Crippen LogP) is 1.59. The molecule has 1 saturated heterocycles. The van der Waals surface area contributed by atoms with Crippen molar-refractivity contribution in [3.8, 4) is 0 Å². The summed E-state index contributed by atoms with van der Waals surface area (Å²) in [4.78, 5) is 21.0. The molecule has 0 saturated carbocycles. The molecule has 0 bridgehead atoms. The number of hydrogen-bond acceptors (Lipinski definition) is 4. The van der Waals surface area contributed by atoms with Gasteiger partial charge in [0.1, 0.15) is 0 Å². The van der Waals surface area contributed by atoms with Gasteiger partial charge in [0.15, 0.2) is 0 Å². The van der Waals surface area contributed by atoms with Gasteiger partial charge >= 0.3 is 0 Å². The van der Waals surface area contributed by atoms with Crippen LogP contribution in [0, 0.1) is 0 Å². The molecule has 5 nitrogen and oxygen atoms in total. The molecule has 1 fully saturated rings. The molecule has 1 aromatic carbocycles. The second kappa shape index (κ2) is 5.93. The van der Waals surface area contributed by atoms with Crippen LogP contribution in [0.15, 0.2) is 33.7 Å². The number of nitrogens with zero attached hydrogens (tertiary/aromatic N) is 3. The second-order valence-electron chi connectivity index (χ2n) is 4.74. The average Bonchev–Trinajstić information content (AvgIpc) is 2.97. The third-order valence-corrected chi connectivity index (χ3v) is 3.98. The van der Waals surface area contributed by atoms with Crippen LogP contribution in [0.25, 0.3) is 0 Å². The van der Waals surface area contributed by atoms with E-state index < -0.39 is 0 Å². The molecule has 1 aromatic rings. The topological polar surface area (TPSA) is 45.1 Å². The molecule has 20 heavy (non-hydrogen) atoms. The van der Waals surface area contributed by atoms with Crippen molar-refractivity contribution in [1.29, 1.82) is 0 Å². The number of halogens is 1. The van der Waals surface area contributed by atoms with E-state index in [1.54, 1.807) is 4.90 Å². The minimum absolute atomic E-state index is 0.0141. The lowest BCUT2D eigenvalue weighted by Crippen LogP contribution is -2.49. The van der Waals surface area contributed by atoms with E-state index in [-0.39, 0.29) is 5.91 Å². The van der Waals surface area contributed by atoms with Gasteiger partial charge in [0.2, 0.25) is 5.96 Å². The van der Waals surface area contributed by atoms with Crippen LogP contribution in [0.3, 0.4) is 0 Å². The highest BCUT2D eigenvalue weighted by molar-refractivity contribution is 9.10. The smallest absolute Gasteiger partial charge is 0.260 e. The summed E-state index contributed by atoms with van der Waals surface area (Å²) in [7, 11) is 0. The van der Waals surface area contributed by atoms with Gasteiger partial charge in [-0.2, -0.15) is 0 Å². The van der Waals surface area contributed by atoms with Crippen molar-refractivity contribution >= 4 is 27.8 Å². The van der Waals surface area contributed by atoms with Crippen molar-refractivity contribution in [2.75, 3.05) is 39.4 Å².